The van der Waals surface area contributed by atoms with Crippen molar-refractivity contribution in [3.8, 4) is 0 Å². The summed E-state index contributed by atoms with van der Waals surface area (Å²) in [5.41, 5.74) is 0. The van der Waals surface area contributed by atoms with Crippen molar-refractivity contribution in [2.75, 3.05) is 0 Å². The molecule has 0 saturated heterocycles. The first-order valence-corrected chi connectivity index (χ1v) is 15.8. The van der Waals surface area contributed by atoms with Crippen molar-refractivity contribution in [2.24, 2.45) is 94.7 Å². The molecule has 0 heterocycles. The van der Waals surface area contributed by atoms with Crippen LogP contribution in [-0.4, -0.2) is 0 Å². The molecular formula is C33H56. The minimum Gasteiger partial charge on any atom is -0.0625 e. The van der Waals surface area contributed by atoms with Crippen LogP contribution in [0.3, 0.4) is 0 Å². The van der Waals surface area contributed by atoms with Crippen LogP contribution < -0.4 is 0 Å². The van der Waals surface area contributed by atoms with Gasteiger partial charge in [-0.3, -0.25) is 0 Å². The monoisotopic (exact) mass is 452 g/mol. The van der Waals surface area contributed by atoms with E-state index < -0.39 is 0 Å². The van der Waals surface area contributed by atoms with E-state index in [1.165, 1.54) is 12.8 Å². The van der Waals surface area contributed by atoms with Crippen LogP contribution >= 0.6 is 0 Å². The Labute approximate surface area is 206 Å². The fourth-order valence-electron chi connectivity index (χ4n) is 12.4. The third-order valence-corrected chi connectivity index (χ3v) is 14.0. The number of fused-ring (bicyclic) bond motifs is 4. The first-order valence-electron chi connectivity index (χ1n) is 15.8. The van der Waals surface area contributed by atoms with Gasteiger partial charge in [-0.25, -0.2) is 0 Å². The summed E-state index contributed by atoms with van der Waals surface area (Å²) in [6.07, 6.45) is 17.3. The van der Waals surface area contributed by atoms with E-state index >= 15 is 0 Å². The quantitative estimate of drug-likeness (QED) is 0.391. The smallest absolute Gasteiger partial charge is 0.0349 e. The van der Waals surface area contributed by atoms with Gasteiger partial charge in [-0.15, -0.1) is 0 Å². The summed E-state index contributed by atoms with van der Waals surface area (Å²) in [5.74, 6) is 16.7. The van der Waals surface area contributed by atoms with Crippen molar-refractivity contribution < 1.29 is 0 Å². The maximum absolute atomic E-state index is 2.70. The predicted octanol–water partition coefficient (Wildman–Crippen LogP) is 9.34. The van der Waals surface area contributed by atoms with Crippen molar-refractivity contribution in [3.63, 3.8) is 0 Å². The van der Waals surface area contributed by atoms with Gasteiger partial charge in [0.15, 0.2) is 0 Å². The van der Waals surface area contributed by atoms with Gasteiger partial charge in [-0.1, -0.05) is 54.4 Å². The second-order valence-corrected chi connectivity index (χ2v) is 15.5. The molecule has 6 rings (SSSR count). The van der Waals surface area contributed by atoms with Gasteiger partial charge >= 0.3 is 0 Å². The lowest BCUT2D eigenvalue weighted by Crippen LogP contribution is -2.42. The Morgan fingerprint density at radius 3 is 1.27 bits per heavy atom. The van der Waals surface area contributed by atoms with Crippen LogP contribution in [0, 0.1) is 94.7 Å². The van der Waals surface area contributed by atoms with E-state index in [0.717, 1.165) is 94.7 Å². The molecule has 16 atom stereocenters. The Morgan fingerprint density at radius 1 is 0.424 bits per heavy atom. The minimum absolute atomic E-state index is 0.995. The van der Waals surface area contributed by atoms with Crippen LogP contribution in [0.5, 0.6) is 0 Å². The SMILES string of the molecule is CC1CCC2C(C1)CC1C(CC3C(C)CC4C(C)C5CCC(C)CC5CC34)C(C)CC1C2C. The highest BCUT2D eigenvalue weighted by Crippen LogP contribution is 2.63. The molecule has 0 nitrogen and oxygen atoms in total. The van der Waals surface area contributed by atoms with Crippen molar-refractivity contribution in [3.05, 3.63) is 0 Å². The molecule has 6 aliphatic rings. The zero-order chi connectivity index (χ0) is 23.0. The van der Waals surface area contributed by atoms with E-state index in [4.69, 9.17) is 0 Å². The lowest BCUT2D eigenvalue weighted by Gasteiger charge is -2.50. The van der Waals surface area contributed by atoms with Crippen LogP contribution in [0.15, 0.2) is 0 Å². The Kier molecular flexibility index (Phi) is 6.26. The molecular weight excluding hydrogens is 396 g/mol. The zero-order valence-electron chi connectivity index (χ0n) is 23.0. The molecule has 0 aromatic rings. The number of hydrogen-bond donors (Lipinski definition) is 0. The summed E-state index contributed by atoms with van der Waals surface area (Å²) in [7, 11) is 0. The van der Waals surface area contributed by atoms with E-state index in [-0.39, 0.29) is 0 Å². The van der Waals surface area contributed by atoms with E-state index in [2.05, 4.69) is 41.5 Å². The van der Waals surface area contributed by atoms with E-state index in [0.29, 0.717) is 0 Å². The fourth-order valence-corrected chi connectivity index (χ4v) is 12.4. The number of rotatable bonds is 2. The van der Waals surface area contributed by atoms with Crippen LogP contribution in [0.1, 0.15) is 112 Å². The van der Waals surface area contributed by atoms with Crippen molar-refractivity contribution in [2.45, 2.75) is 112 Å². The summed E-state index contributed by atoms with van der Waals surface area (Å²) in [4.78, 5) is 0. The van der Waals surface area contributed by atoms with E-state index in [1.54, 1.807) is 57.8 Å². The van der Waals surface area contributed by atoms with Gasteiger partial charge in [-0.2, -0.15) is 0 Å². The molecule has 6 fully saturated rings. The third-order valence-electron chi connectivity index (χ3n) is 14.0. The first kappa shape index (κ1) is 23.4. The van der Waals surface area contributed by atoms with Crippen molar-refractivity contribution in [1.82, 2.24) is 0 Å². The molecule has 0 spiro atoms. The molecule has 16 unspecified atom stereocenters. The summed E-state index contributed by atoms with van der Waals surface area (Å²) in [6.45, 7) is 15.8. The lowest BCUT2D eigenvalue weighted by atomic mass is 9.55. The fraction of sp³-hybridized carbons (Fsp3) is 1.00. The largest absolute Gasteiger partial charge is 0.0625 e. The molecule has 0 radical (unpaired) electrons. The Hall–Kier alpha value is 0. The summed E-state index contributed by atoms with van der Waals surface area (Å²) in [6, 6.07) is 0. The maximum Gasteiger partial charge on any atom is -0.0349 e. The summed E-state index contributed by atoms with van der Waals surface area (Å²) in [5, 5.41) is 0. The van der Waals surface area contributed by atoms with Crippen molar-refractivity contribution in [1.29, 1.82) is 0 Å². The second kappa shape index (κ2) is 8.83. The summed E-state index contributed by atoms with van der Waals surface area (Å²) < 4.78 is 0. The van der Waals surface area contributed by atoms with Gasteiger partial charge in [0.05, 0.1) is 0 Å². The molecule has 0 aromatic carbocycles. The molecule has 0 bridgehead atoms. The molecule has 6 aliphatic carbocycles. The standard InChI is InChI=1S/C33H56/c1-18-7-9-26-22(5)30-13-20(3)28(32(30)15-24(26)11-18)17-29-21(4)14-31-23(6)27-10-8-19(2)12-25(27)16-33(29)31/h18-33H,7-17H2,1-6H3. The van der Waals surface area contributed by atoms with Gasteiger partial charge in [0.1, 0.15) is 0 Å². The van der Waals surface area contributed by atoms with Gasteiger partial charge in [0, 0.05) is 0 Å². The molecule has 188 valence electrons. The van der Waals surface area contributed by atoms with Crippen LogP contribution in [0.4, 0.5) is 0 Å². The third kappa shape index (κ3) is 3.89. The van der Waals surface area contributed by atoms with Crippen LogP contribution in [-0.2, 0) is 0 Å². The molecule has 0 amide bonds. The average Bonchev–Trinajstić information content (AvgIpc) is 3.25. The highest BCUT2D eigenvalue weighted by molar-refractivity contribution is 5.04. The normalized spacial score (nSPS) is 60.5. The second-order valence-electron chi connectivity index (χ2n) is 15.5. The van der Waals surface area contributed by atoms with Gasteiger partial charge in [0.25, 0.3) is 0 Å². The molecule has 0 aliphatic heterocycles. The topological polar surface area (TPSA) is 0 Å². The van der Waals surface area contributed by atoms with Crippen LogP contribution in [0.2, 0.25) is 0 Å². The Morgan fingerprint density at radius 2 is 0.848 bits per heavy atom. The van der Waals surface area contributed by atoms with Gasteiger partial charge in [-0.05, 0) is 152 Å². The molecule has 0 N–H and O–H groups in total. The summed E-state index contributed by atoms with van der Waals surface area (Å²) >= 11 is 0. The minimum atomic E-state index is 0.995. The van der Waals surface area contributed by atoms with E-state index in [1.807, 2.05) is 0 Å². The lowest BCUT2D eigenvalue weighted by molar-refractivity contribution is -0.00897. The molecule has 6 saturated carbocycles. The Bertz CT molecular complexity index is 632. The van der Waals surface area contributed by atoms with E-state index in [9.17, 15) is 0 Å². The van der Waals surface area contributed by atoms with Gasteiger partial charge < -0.3 is 0 Å². The molecule has 33 heavy (non-hydrogen) atoms. The highest BCUT2D eigenvalue weighted by atomic mass is 14.6. The predicted molar refractivity (Wildman–Crippen MR) is 141 cm³/mol. The number of hydrogen-bond acceptors (Lipinski definition) is 0. The van der Waals surface area contributed by atoms with Gasteiger partial charge in [0.2, 0.25) is 0 Å². The van der Waals surface area contributed by atoms with Crippen LogP contribution in [0.25, 0.3) is 0 Å². The first-order chi connectivity index (χ1) is 15.8. The maximum atomic E-state index is 2.70. The molecule has 0 heteroatoms. The Balaban J connectivity index is 1.19. The average molecular weight is 453 g/mol. The zero-order valence-corrected chi connectivity index (χ0v) is 23.0. The van der Waals surface area contributed by atoms with Crippen molar-refractivity contribution >= 4 is 0 Å². The highest BCUT2D eigenvalue weighted by Gasteiger charge is 2.55. The molecule has 0 aromatic heterocycles.